The van der Waals surface area contributed by atoms with Crippen LogP contribution in [0.5, 0.6) is 0 Å². The van der Waals surface area contributed by atoms with Crippen LogP contribution in [0.4, 0.5) is 0 Å². The predicted octanol–water partition coefficient (Wildman–Crippen LogP) is 4.94. The number of hydrogen-bond donors (Lipinski definition) is 1. The van der Waals surface area contributed by atoms with Crippen molar-refractivity contribution in [3.05, 3.63) is 82.5 Å². The van der Waals surface area contributed by atoms with Crippen molar-refractivity contribution < 1.29 is 14.0 Å². The third-order valence-corrected chi connectivity index (χ3v) is 5.10. The van der Waals surface area contributed by atoms with Gasteiger partial charge < -0.3 is 14.6 Å². The summed E-state index contributed by atoms with van der Waals surface area (Å²) in [5, 5.41) is 2.86. The maximum Gasteiger partial charge on any atom is 0.225 e. The normalized spacial score (nSPS) is 11.7. The first-order valence-electron chi connectivity index (χ1n) is 9.33. The van der Waals surface area contributed by atoms with Crippen LogP contribution in [-0.2, 0) is 16.1 Å². The van der Waals surface area contributed by atoms with Crippen LogP contribution in [0.25, 0.3) is 11.3 Å². The van der Waals surface area contributed by atoms with Gasteiger partial charge in [-0.05, 0) is 29.8 Å². The van der Waals surface area contributed by atoms with Crippen LogP contribution in [-0.4, -0.2) is 23.8 Å². The number of nitrogens with zero attached hydrogens (tertiary/aromatic N) is 1. The molecule has 0 radical (unpaired) electrons. The fourth-order valence-electron chi connectivity index (χ4n) is 3.07. The molecule has 5 nitrogen and oxygen atoms in total. The Morgan fingerprint density at radius 3 is 2.38 bits per heavy atom. The van der Waals surface area contributed by atoms with Gasteiger partial charge in [-0.1, -0.05) is 58.4 Å². The summed E-state index contributed by atoms with van der Waals surface area (Å²) in [5.41, 5.74) is 1.88. The van der Waals surface area contributed by atoms with Gasteiger partial charge >= 0.3 is 0 Å². The summed E-state index contributed by atoms with van der Waals surface area (Å²) in [4.78, 5) is 25.9. The molecule has 6 heteroatoms. The number of halogens is 1. The topological polar surface area (TPSA) is 62.6 Å². The lowest BCUT2D eigenvalue weighted by Crippen LogP contribution is -2.33. The van der Waals surface area contributed by atoms with Crippen molar-refractivity contribution >= 4 is 27.7 Å². The molecule has 0 aliphatic heterocycles. The molecule has 0 bridgehead atoms. The van der Waals surface area contributed by atoms with E-state index in [4.69, 9.17) is 4.42 Å². The molecule has 150 valence electrons. The summed E-state index contributed by atoms with van der Waals surface area (Å²) in [6.45, 7) is 1.81. The summed E-state index contributed by atoms with van der Waals surface area (Å²) in [7, 11) is 1.74. The van der Waals surface area contributed by atoms with Crippen LogP contribution in [0.2, 0.25) is 0 Å². The van der Waals surface area contributed by atoms with Crippen molar-refractivity contribution in [2.45, 2.75) is 25.9 Å². The van der Waals surface area contributed by atoms with E-state index < -0.39 is 0 Å². The molecule has 0 fully saturated rings. The van der Waals surface area contributed by atoms with E-state index >= 15 is 0 Å². The number of benzene rings is 2. The average Bonchev–Trinajstić information content (AvgIpc) is 3.16. The van der Waals surface area contributed by atoms with Gasteiger partial charge in [0.15, 0.2) is 0 Å². The maximum atomic E-state index is 12.8. The van der Waals surface area contributed by atoms with Crippen molar-refractivity contribution in [3.8, 4) is 11.3 Å². The van der Waals surface area contributed by atoms with Gasteiger partial charge in [0.1, 0.15) is 11.5 Å². The first kappa shape index (κ1) is 20.9. The Morgan fingerprint density at radius 2 is 1.72 bits per heavy atom. The van der Waals surface area contributed by atoms with Crippen molar-refractivity contribution in [1.29, 1.82) is 0 Å². The Bertz CT molecular complexity index is 967. The smallest absolute Gasteiger partial charge is 0.225 e. The van der Waals surface area contributed by atoms with E-state index in [0.29, 0.717) is 12.3 Å². The average molecular weight is 455 g/mol. The number of carbonyl (C=O) groups excluding carboxylic acids is 2. The van der Waals surface area contributed by atoms with Crippen LogP contribution in [0.15, 0.2) is 75.6 Å². The van der Waals surface area contributed by atoms with Gasteiger partial charge in [0.2, 0.25) is 11.8 Å². The third kappa shape index (κ3) is 5.81. The summed E-state index contributed by atoms with van der Waals surface area (Å²) in [5.74, 6) is 1.22. The van der Waals surface area contributed by atoms with Crippen molar-refractivity contribution in [3.63, 3.8) is 0 Å². The van der Waals surface area contributed by atoms with Crippen LogP contribution < -0.4 is 5.32 Å². The van der Waals surface area contributed by atoms with Gasteiger partial charge in [-0.15, -0.1) is 0 Å². The van der Waals surface area contributed by atoms with E-state index in [-0.39, 0.29) is 24.3 Å². The minimum absolute atomic E-state index is 0.0748. The zero-order valence-electron chi connectivity index (χ0n) is 16.4. The molecule has 0 spiro atoms. The van der Waals surface area contributed by atoms with Gasteiger partial charge in [-0.25, -0.2) is 0 Å². The first-order chi connectivity index (χ1) is 13.9. The SMILES string of the molecule is CC(=O)N[C@@H](CC(=O)N(C)Cc1ccc(-c2ccc(Br)cc2)o1)c1ccccc1. The fourth-order valence-corrected chi connectivity index (χ4v) is 3.33. The van der Waals surface area contributed by atoms with Crippen LogP contribution in [0.1, 0.15) is 30.7 Å². The molecule has 3 rings (SSSR count). The summed E-state index contributed by atoms with van der Waals surface area (Å²) < 4.78 is 6.91. The van der Waals surface area contributed by atoms with Gasteiger partial charge in [0.05, 0.1) is 19.0 Å². The van der Waals surface area contributed by atoms with E-state index in [9.17, 15) is 9.59 Å². The van der Waals surface area contributed by atoms with Crippen LogP contribution in [0.3, 0.4) is 0 Å². The summed E-state index contributed by atoms with van der Waals surface area (Å²) >= 11 is 3.42. The standard InChI is InChI=1S/C23H23BrN2O3/c1-16(27)25-21(17-6-4-3-5-7-17)14-23(28)26(2)15-20-12-13-22(29-20)18-8-10-19(24)11-9-18/h3-13,21H,14-15H2,1-2H3,(H,25,27)/t21-/m0/s1. The molecule has 1 atom stereocenters. The van der Waals surface area contributed by atoms with E-state index in [2.05, 4.69) is 21.2 Å². The molecule has 0 saturated heterocycles. The number of rotatable bonds is 7. The molecule has 0 aliphatic rings. The lowest BCUT2D eigenvalue weighted by Gasteiger charge is -2.22. The molecular formula is C23H23BrN2O3. The minimum atomic E-state index is -0.362. The van der Waals surface area contributed by atoms with Gasteiger partial charge in [0, 0.05) is 24.0 Å². The second-order valence-electron chi connectivity index (χ2n) is 6.89. The van der Waals surface area contributed by atoms with E-state index in [0.717, 1.165) is 21.4 Å². The molecule has 1 heterocycles. The lowest BCUT2D eigenvalue weighted by molar-refractivity contribution is -0.131. The van der Waals surface area contributed by atoms with E-state index in [1.54, 1.807) is 11.9 Å². The molecule has 29 heavy (non-hydrogen) atoms. The predicted molar refractivity (Wildman–Crippen MR) is 116 cm³/mol. The summed E-state index contributed by atoms with van der Waals surface area (Å²) in [6.07, 6.45) is 0.181. The van der Waals surface area contributed by atoms with Crippen LogP contribution in [0, 0.1) is 0 Å². The number of amides is 2. The number of nitrogens with one attached hydrogen (secondary N) is 1. The van der Waals surface area contributed by atoms with Crippen molar-refractivity contribution in [2.24, 2.45) is 0 Å². The zero-order valence-corrected chi connectivity index (χ0v) is 18.0. The Hall–Kier alpha value is -2.86. The highest BCUT2D eigenvalue weighted by atomic mass is 79.9. The Labute approximate surface area is 178 Å². The Morgan fingerprint density at radius 1 is 1.03 bits per heavy atom. The molecule has 0 unspecified atom stereocenters. The Kier molecular flexibility index (Phi) is 6.88. The number of carbonyl (C=O) groups is 2. The fraction of sp³-hybridized carbons (Fsp3) is 0.217. The lowest BCUT2D eigenvalue weighted by atomic mass is 10.0. The molecule has 1 aromatic heterocycles. The van der Waals surface area contributed by atoms with Gasteiger partial charge in [0.25, 0.3) is 0 Å². The molecule has 0 aliphatic carbocycles. The van der Waals surface area contributed by atoms with Crippen molar-refractivity contribution in [1.82, 2.24) is 10.2 Å². The second kappa shape index (κ2) is 9.56. The van der Waals surface area contributed by atoms with Gasteiger partial charge in [-0.2, -0.15) is 0 Å². The highest BCUT2D eigenvalue weighted by Gasteiger charge is 2.20. The zero-order chi connectivity index (χ0) is 20.8. The highest BCUT2D eigenvalue weighted by Crippen LogP contribution is 2.25. The molecule has 1 N–H and O–H groups in total. The van der Waals surface area contributed by atoms with Crippen molar-refractivity contribution in [2.75, 3.05) is 7.05 Å². The third-order valence-electron chi connectivity index (χ3n) is 4.57. The van der Waals surface area contributed by atoms with Crippen LogP contribution >= 0.6 is 15.9 Å². The summed E-state index contributed by atoms with van der Waals surface area (Å²) in [6, 6.07) is 20.8. The van der Waals surface area contributed by atoms with E-state index in [1.165, 1.54) is 6.92 Å². The molecule has 2 amide bonds. The molecule has 3 aromatic rings. The number of furan rings is 1. The molecule has 0 saturated carbocycles. The maximum absolute atomic E-state index is 12.8. The second-order valence-corrected chi connectivity index (χ2v) is 7.81. The molecule has 2 aromatic carbocycles. The monoisotopic (exact) mass is 454 g/mol. The largest absolute Gasteiger partial charge is 0.459 e. The van der Waals surface area contributed by atoms with Gasteiger partial charge in [-0.3, -0.25) is 9.59 Å². The first-order valence-corrected chi connectivity index (χ1v) is 10.1. The minimum Gasteiger partial charge on any atom is -0.459 e. The van der Waals surface area contributed by atoms with E-state index in [1.807, 2.05) is 66.7 Å². The number of hydrogen-bond acceptors (Lipinski definition) is 3. The molecular weight excluding hydrogens is 432 g/mol. The highest BCUT2D eigenvalue weighted by molar-refractivity contribution is 9.10. The quantitative estimate of drug-likeness (QED) is 0.549. The Balaban J connectivity index is 1.65.